The topological polar surface area (TPSA) is 17.8 Å². The highest BCUT2D eigenvalue weighted by atomic mass is 19.4. The number of nitrogens with zero attached hydrogens (tertiary/aromatic N) is 2. The molecule has 1 aliphatic carbocycles. The lowest BCUT2D eigenvalue weighted by Gasteiger charge is -2.05. The van der Waals surface area contributed by atoms with Crippen molar-refractivity contribution in [1.82, 2.24) is 9.78 Å². The first-order valence-electron chi connectivity index (χ1n) is 4.65. The van der Waals surface area contributed by atoms with Gasteiger partial charge in [0.05, 0.1) is 12.1 Å². The molecular formula is C9H11F3N2. The SMILES string of the molecule is FC(F)(F)CCn1ccc(C2CC2)n1. The first kappa shape index (κ1) is 9.55. The normalized spacial score (nSPS) is 17.4. The Balaban J connectivity index is 1.90. The third kappa shape index (κ3) is 2.49. The van der Waals surface area contributed by atoms with Crippen LogP contribution in [-0.4, -0.2) is 16.0 Å². The van der Waals surface area contributed by atoms with E-state index >= 15 is 0 Å². The number of halogens is 3. The molecular weight excluding hydrogens is 193 g/mol. The minimum absolute atomic E-state index is 0.0732. The van der Waals surface area contributed by atoms with Crippen LogP contribution in [0.1, 0.15) is 30.9 Å². The first-order chi connectivity index (χ1) is 6.54. The number of hydrogen-bond donors (Lipinski definition) is 0. The van der Waals surface area contributed by atoms with E-state index in [0.29, 0.717) is 5.92 Å². The maximum Gasteiger partial charge on any atom is 0.390 e. The Morgan fingerprint density at radius 3 is 2.71 bits per heavy atom. The van der Waals surface area contributed by atoms with E-state index in [4.69, 9.17) is 0 Å². The fourth-order valence-electron chi connectivity index (χ4n) is 1.34. The first-order valence-corrected chi connectivity index (χ1v) is 4.65. The van der Waals surface area contributed by atoms with E-state index < -0.39 is 12.6 Å². The van der Waals surface area contributed by atoms with E-state index in [2.05, 4.69) is 5.10 Å². The Labute approximate surface area is 79.7 Å². The lowest BCUT2D eigenvalue weighted by molar-refractivity contribution is -0.137. The van der Waals surface area contributed by atoms with Gasteiger partial charge in [-0.2, -0.15) is 18.3 Å². The maximum atomic E-state index is 11.9. The summed E-state index contributed by atoms with van der Waals surface area (Å²) in [6.45, 7) is -0.0732. The van der Waals surface area contributed by atoms with Gasteiger partial charge in [-0.1, -0.05) is 0 Å². The molecule has 0 spiro atoms. The van der Waals surface area contributed by atoms with Crippen LogP contribution in [0.2, 0.25) is 0 Å². The van der Waals surface area contributed by atoms with Crippen molar-refractivity contribution in [1.29, 1.82) is 0 Å². The standard InChI is InChI=1S/C9H11F3N2/c10-9(11,12)4-6-14-5-3-8(13-14)7-1-2-7/h3,5,7H,1-2,4,6H2. The quantitative estimate of drug-likeness (QED) is 0.740. The van der Waals surface area contributed by atoms with E-state index in [9.17, 15) is 13.2 Å². The van der Waals surface area contributed by atoms with E-state index in [0.717, 1.165) is 18.5 Å². The van der Waals surface area contributed by atoms with Crippen molar-refractivity contribution in [2.45, 2.75) is 37.9 Å². The van der Waals surface area contributed by atoms with Crippen molar-refractivity contribution < 1.29 is 13.2 Å². The molecule has 1 fully saturated rings. The molecule has 78 valence electrons. The Morgan fingerprint density at radius 1 is 1.43 bits per heavy atom. The van der Waals surface area contributed by atoms with Crippen LogP contribution in [0.4, 0.5) is 13.2 Å². The van der Waals surface area contributed by atoms with Gasteiger partial charge >= 0.3 is 6.18 Å². The molecule has 0 radical (unpaired) electrons. The third-order valence-electron chi connectivity index (χ3n) is 2.28. The van der Waals surface area contributed by atoms with Gasteiger partial charge in [0, 0.05) is 18.7 Å². The molecule has 2 rings (SSSR count). The molecule has 0 amide bonds. The molecule has 5 heteroatoms. The molecule has 1 aliphatic rings. The monoisotopic (exact) mass is 204 g/mol. The van der Waals surface area contributed by atoms with Crippen molar-refractivity contribution in [3.8, 4) is 0 Å². The molecule has 1 heterocycles. The van der Waals surface area contributed by atoms with Crippen molar-refractivity contribution in [3.05, 3.63) is 18.0 Å². The summed E-state index contributed by atoms with van der Waals surface area (Å²) in [5, 5.41) is 4.09. The molecule has 0 aliphatic heterocycles. The minimum Gasteiger partial charge on any atom is -0.272 e. The summed E-state index contributed by atoms with van der Waals surface area (Å²) < 4.78 is 37.0. The molecule has 0 saturated heterocycles. The summed E-state index contributed by atoms with van der Waals surface area (Å²) >= 11 is 0. The molecule has 1 aromatic heterocycles. The summed E-state index contributed by atoms with van der Waals surface area (Å²) in [4.78, 5) is 0. The summed E-state index contributed by atoms with van der Waals surface area (Å²) in [7, 11) is 0. The van der Waals surface area contributed by atoms with Crippen LogP contribution >= 0.6 is 0 Å². The van der Waals surface area contributed by atoms with E-state index in [1.54, 1.807) is 6.20 Å². The second-order valence-corrected chi connectivity index (χ2v) is 3.64. The fourth-order valence-corrected chi connectivity index (χ4v) is 1.34. The average Bonchev–Trinajstić information content (AvgIpc) is 2.81. The maximum absolute atomic E-state index is 11.9. The van der Waals surface area contributed by atoms with Crippen LogP contribution < -0.4 is 0 Å². The van der Waals surface area contributed by atoms with Crippen LogP contribution in [0.15, 0.2) is 12.3 Å². The molecule has 0 N–H and O–H groups in total. The lowest BCUT2D eigenvalue weighted by atomic mass is 10.3. The second-order valence-electron chi connectivity index (χ2n) is 3.64. The molecule has 0 atom stereocenters. The van der Waals surface area contributed by atoms with Gasteiger partial charge in [0.15, 0.2) is 0 Å². The van der Waals surface area contributed by atoms with Gasteiger partial charge in [-0.15, -0.1) is 0 Å². The van der Waals surface area contributed by atoms with Gasteiger partial charge < -0.3 is 0 Å². The Morgan fingerprint density at radius 2 is 2.14 bits per heavy atom. The highest BCUT2D eigenvalue weighted by Crippen LogP contribution is 2.38. The molecule has 1 aromatic rings. The predicted octanol–water partition coefficient (Wildman–Crippen LogP) is 2.71. The fraction of sp³-hybridized carbons (Fsp3) is 0.667. The summed E-state index contributed by atoms with van der Waals surface area (Å²) in [5.74, 6) is 0.502. The van der Waals surface area contributed by atoms with Crippen molar-refractivity contribution in [3.63, 3.8) is 0 Å². The lowest BCUT2D eigenvalue weighted by Crippen LogP contribution is -2.12. The smallest absolute Gasteiger partial charge is 0.272 e. The Kier molecular flexibility index (Phi) is 2.25. The number of aromatic nitrogens is 2. The third-order valence-corrected chi connectivity index (χ3v) is 2.28. The van der Waals surface area contributed by atoms with Crippen LogP contribution in [0, 0.1) is 0 Å². The van der Waals surface area contributed by atoms with Gasteiger partial charge in [0.1, 0.15) is 0 Å². The highest BCUT2D eigenvalue weighted by molar-refractivity contribution is 5.12. The van der Waals surface area contributed by atoms with E-state index in [1.165, 1.54) is 4.68 Å². The molecule has 0 unspecified atom stereocenters. The van der Waals surface area contributed by atoms with E-state index in [-0.39, 0.29) is 6.54 Å². The highest BCUT2D eigenvalue weighted by Gasteiger charge is 2.28. The zero-order valence-corrected chi connectivity index (χ0v) is 7.59. The number of alkyl halides is 3. The van der Waals surface area contributed by atoms with Crippen molar-refractivity contribution in [2.75, 3.05) is 0 Å². The summed E-state index contributed by atoms with van der Waals surface area (Å²) in [5.41, 5.74) is 0.937. The number of hydrogen-bond acceptors (Lipinski definition) is 1. The van der Waals surface area contributed by atoms with Gasteiger partial charge in [0.25, 0.3) is 0 Å². The molecule has 1 saturated carbocycles. The van der Waals surface area contributed by atoms with Gasteiger partial charge in [-0.25, -0.2) is 0 Å². The molecule has 2 nitrogen and oxygen atoms in total. The summed E-state index contributed by atoms with van der Waals surface area (Å²) in [6.07, 6.45) is -1.03. The van der Waals surface area contributed by atoms with Crippen LogP contribution in [-0.2, 0) is 6.54 Å². The van der Waals surface area contributed by atoms with Crippen LogP contribution in [0.5, 0.6) is 0 Å². The van der Waals surface area contributed by atoms with Gasteiger partial charge in [-0.3, -0.25) is 4.68 Å². The van der Waals surface area contributed by atoms with Gasteiger partial charge in [0.2, 0.25) is 0 Å². The number of aryl methyl sites for hydroxylation is 1. The minimum atomic E-state index is -4.09. The zero-order valence-electron chi connectivity index (χ0n) is 7.59. The zero-order chi connectivity index (χ0) is 10.2. The predicted molar refractivity (Wildman–Crippen MR) is 44.9 cm³/mol. The van der Waals surface area contributed by atoms with Crippen LogP contribution in [0.3, 0.4) is 0 Å². The molecule has 14 heavy (non-hydrogen) atoms. The van der Waals surface area contributed by atoms with E-state index in [1.807, 2.05) is 6.07 Å². The van der Waals surface area contributed by atoms with Crippen molar-refractivity contribution >= 4 is 0 Å². The largest absolute Gasteiger partial charge is 0.390 e. The Bertz CT molecular complexity index is 312. The molecule has 0 aromatic carbocycles. The van der Waals surface area contributed by atoms with Gasteiger partial charge in [-0.05, 0) is 18.9 Å². The number of rotatable bonds is 3. The Hall–Kier alpha value is -1.00. The van der Waals surface area contributed by atoms with Crippen molar-refractivity contribution in [2.24, 2.45) is 0 Å². The summed E-state index contributed by atoms with van der Waals surface area (Å²) in [6, 6.07) is 1.81. The van der Waals surface area contributed by atoms with Crippen LogP contribution in [0.25, 0.3) is 0 Å². The molecule has 0 bridgehead atoms. The second kappa shape index (κ2) is 3.29. The average molecular weight is 204 g/mol.